The van der Waals surface area contributed by atoms with Crippen molar-refractivity contribution in [1.82, 2.24) is 0 Å². The molecule has 33 heavy (non-hydrogen) atoms. The highest BCUT2D eigenvalue weighted by atomic mass is 79.9. The first-order valence-corrected chi connectivity index (χ1v) is 14.0. The zero-order valence-electron chi connectivity index (χ0n) is 19.2. The lowest BCUT2D eigenvalue weighted by molar-refractivity contribution is -0.123. The Labute approximate surface area is 212 Å². The molecule has 1 saturated heterocycles. The van der Waals surface area contributed by atoms with Crippen LogP contribution in [0.15, 0.2) is 24.3 Å². The van der Waals surface area contributed by atoms with E-state index in [0.29, 0.717) is 29.0 Å². The molecule has 0 unspecified atom stereocenters. The first-order valence-electron chi connectivity index (χ1n) is 12.2. The van der Waals surface area contributed by atoms with Crippen LogP contribution in [0.3, 0.4) is 0 Å². The monoisotopic (exact) mass is 579 g/mol. The molecule has 3 saturated carbocycles. The van der Waals surface area contributed by atoms with Gasteiger partial charge >= 0.3 is 5.97 Å². The predicted octanol–water partition coefficient (Wildman–Crippen LogP) is 5.59. The van der Waals surface area contributed by atoms with Gasteiger partial charge in [0.15, 0.2) is 0 Å². The van der Waals surface area contributed by atoms with Gasteiger partial charge in [-0.25, -0.2) is 4.79 Å². The second kappa shape index (κ2) is 8.78. The molecule has 0 aromatic heterocycles. The number of alkyl halides is 2. The average molecular weight is 581 g/mol. The SMILES string of the molecule is CC(C)[C@H]1CC[C@@H](C)C[C@H]1OC(=O)c1cccc(N2C(=O)[C@@H]3[C@H]4C[C@@H]([C@H](Br)[C@@H]4Br)[C@@H]3C2=O)c1. The van der Waals surface area contributed by atoms with Crippen molar-refractivity contribution in [2.24, 2.45) is 41.4 Å². The van der Waals surface area contributed by atoms with Crippen LogP contribution in [0.4, 0.5) is 5.69 Å². The van der Waals surface area contributed by atoms with Crippen molar-refractivity contribution in [3.8, 4) is 0 Å². The maximum absolute atomic E-state index is 13.3. The van der Waals surface area contributed by atoms with Gasteiger partial charge in [-0.05, 0) is 67.1 Å². The number of nitrogens with zero attached hydrogens (tertiary/aromatic N) is 1. The second-order valence-electron chi connectivity index (χ2n) is 10.8. The number of halogens is 2. The number of benzene rings is 1. The number of amides is 2. The number of rotatable bonds is 4. The topological polar surface area (TPSA) is 63.7 Å². The van der Waals surface area contributed by atoms with Crippen LogP contribution in [0.1, 0.15) is 56.8 Å². The lowest BCUT2D eigenvalue weighted by Crippen LogP contribution is -2.37. The van der Waals surface area contributed by atoms with Crippen molar-refractivity contribution in [3.63, 3.8) is 0 Å². The molecule has 7 heteroatoms. The van der Waals surface area contributed by atoms with Gasteiger partial charge in [-0.2, -0.15) is 0 Å². The Bertz CT molecular complexity index is 949. The lowest BCUT2D eigenvalue weighted by atomic mass is 9.75. The summed E-state index contributed by atoms with van der Waals surface area (Å²) in [6, 6.07) is 6.83. The Kier molecular flexibility index (Phi) is 6.26. The Balaban J connectivity index is 1.36. The molecular formula is C26H31Br2NO4. The standard InChI is InChI=1S/C26H31Br2NO4/c1-12(2)16-8-7-13(3)9-19(16)33-26(32)14-5-4-6-15(10-14)29-24(30)20-17-11-18(21(20)25(29)31)23(28)22(17)27/h4-6,10,12-13,16-23H,7-9,11H2,1-3H3/t13-,16-,17-,18-,19-,20-,21+,22-,23+/m1/s1. The third-order valence-corrected chi connectivity index (χ3v) is 11.8. The van der Waals surface area contributed by atoms with Crippen LogP contribution >= 0.6 is 31.9 Å². The molecule has 9 atom stereocenters. The van der Waals surface area contributed by atoms with Crippen molar-refractivity contribution in [2.45, 2.75) is 62.2 Å². The molecule has 2 amide bonds. The van der Waals surface area contributed by atoms with E-state index in [4.69, 9.17) is 4.74 Å². The summed E-state index contributed by atoms with van der Waals surface area (Å²) in [4.78, 5) is 41.5. The van der Waals surface area contributed by atoms with Crippen LogP contribution < -0.4 is 4.90 Å². The fourth-order valence-electron chi connectivity index (χ4n) is 6.83. The van der Waals surface area contributed by atoms with E-state index in [1.54, 1.807) is 24.3 Å². The number of anilines is 1. The summed E-state index contributed by atoms with van der Waals surface area (Å²) in [6.07, 6.45) is 3.92. The minimum atomic E-state index is -0.373. The Morgan fingerprint density at radius 1 is 1.03 bits per heavy atom. The molecule has 4 aliphatic rings. The van der Waals surface area contributed by atoms with Gasteiger partial charge in [-0.15, -0.1) is 0 Å². The van der Waals surface area contributed by atoms with Crippen molar-refractivity contribution in [3.05, 3.63) is 29.8 Å². The fourth-order valence-corrected chi connectivity index (χ4v) is 8.70. The van der Waals surface area contributed by atoms with Crippen molar-refractivity contribution in [1.29, 1.82) is 0 Å². The first kappa shape index (κ1) is 23.5. The predicted molar refractivity (Wildman–Crippen MR) is 133 cm³/mol. The maximum atomic E-state index is 13.3. The molecule has 1 heterocycles. The number of fused-ring (bicyclic) bond motifs is 5. The van der Waals surface area contributed by atoms with E-state index in [2.05, 4.69) is 52.6 Å². The van der Waals surface area contributed by atoms with Gasteiger partial charge in [-0.1, -0.05) is 65.1 Å². The molecular weight excluding hydrogens is 550 g/mol. The number of carbonyl (C=O) groups excluding carboxylic acids is 3. The fraction of sp³-hybridized carbons (Fsp3) is 0.654. The minimum Gasteiger partial charge on any atom is -0.458 e. The summed E-state index contributed by atoms with van der Waals surface area (Å²) >= 11 is 7.46. The Morgan fingerprint density at radius 2 is 1.67 bits per heavy atom. The molecule has 0 N–H and O–H groups in total. The van der Waals surface area contributed by atoms with Gasteiger partial charge in [0.2, 0.25) is 11.8 Å². The van der Waals surface area contributed by atoms with Gasteiger partial charge in [0.1, 0.15) is 6.10 Å². The number of carbonyl (C=O) groups is 3. The smallest absolute Gasteiger partial charge is 0.338 e. The van der Waals surface area contributed by atoms with Gasteiger partial charge in [0, 0.05) is 9.65 Å². The summed E-state index contributed by atoms with van der Waals surface area (Å²) < 4.78 is 6.00. The van der Waals surface area contributed by atoms with Gasteiger partial charge < -0.3 is 4.74 Å². The Morgan fingerprint density at radius 3 is 2.27 bits per heavy atom. The van der Waals surface area contributed by atoms with Crippen molar-refractivity contribution < 1.29 is 19.1 Å². The molecule has 1 aliphatic heterocycles. The summed E-state index contributed by atoms with van der Waals surface area (Å²) in [7, 11) is 0. The van der Waals surface area contributed by atoms with Crippen molar-refractivity contribution in [2.75, 3.05) is 4.90 Å². The van der Waals surface area contributed by atoms with Gasteiger partial charge in [0.25, 0.3) is 0 Å². The summed E-state index contributed by atoms with van der Waals surface area (Å²) in [5.41, 5.74) is 0.869. The van der Waals surface area contributed by atoms with E-state index in [9.17, 15) is 14.4 Å². The molecule has 4 fully saturated rings. The van der Waals surface area contributed by atoms with Crippen LogP contribution in [-0.4, -0.2) is 33.5 Å². The highest BCUT2D eigenvalue weighted by molar-refractivity contribution is 9.12. The zero-order chi connectivity index (χ0) is 23.6. The van der Waals surface area contributed by atoms with E-state index in [1.807, 2.05) is 0 Å². The van der Waals surface area contributed by atoms with Crippen LogP contribution in [-0.2, 0) is 14.3 Å². The molecule has 178 valence electrons. The van der Waals surface area contributed by atoms with E-state index in [-0.39, 0.29) is 57.2 Å². The minimum absolute atomic E-state index is 0.0957. The number of ether oxygens (including phenoxy) is 1. The number of esters is 1. The molecule has 1 aromatic carbocycles. The highest BCUT2D eigenvalue weighted by Crippen LogP contribution is 2.60. The normalized spacial score (nSPS) is 39.9. The van der Waals surface area contributed by atoms with E-state index >= 15 is 0 Å². The molecule has 2 bridgehead atoms. The molecule has 0 spiro atoms. The highest BCUT2D eigenvalue weighted by Gasteiger charge is 2.66. The summed E-state index contributed by atoms with van der Waals surface area (Å²) in [5.74, 6) is 0.504. The van der Waals surface area contributed by atoms with Crippen molar-refractivity contribution >= 4 is 55.3 Å². The molecule has 1 aromatic rings. The Hall–Kier alpha value is -1.21. The van der Waals surface area contributed by atoms with E-state index in [1.165, 1.54) is 11.3 Å². The molecule has 0 radical (unpaired) electrons. The van der Waals surface area contributed by atoms with Crippen LogP contribution in [0.5, 0.6) is 0 Å². The van der Waals surface area contributed by atoms with Gasteiger partial charge in [0.05, 0.1) is 23.1 Å². The molecule has 5 nitrogen and oxygen atoms in total. The third kappa shape index (κ3) is 3.81. The molecule has 5 rings (SSSR count). The lowest BCUT2D eigenvalue weighted by Gasteiger charge is -2.36. The average Bonchev–Trinajstić information content (AvgIpc) is 3.38. The third-order valence-electron chi connectivity index (χ3n) is 8.55. The zero-order valence-corrected chi connectivity index (χ0v) is 22.4. The van der Waals surface area contributed by atoms with E-state index in [0.717, 1.165) is 19.3 Å². The van der Waals surface area contributed by atoms with Crippen LogP contribution in [0.25, 0.3) is 0 Å². The second-order valence-corrected chi connectivity index (χ2v) is 13.0. The number of imide groups is 1. The molecule has 3 aliphatic carbocycles. The summed E-state index contributed by atoms with van der Waals surface area (Å²) in [5, 5.41) is 0. The maximum Gasteiger partial charge on any atom is 0.338 e. The number of hydrogen-bond acceptors (Lipinski definition) is 4. The summed E-state index contributed by atoms with van der Waals surface area (Å²) in [6.45, 7) is 6.58. The number of hydrogen-bond donors (Lipinski definition) is 0. The van der Waals surface area contributed by atoms with E-state index < -0.39 is 0 Å². The van der Waals surface area contributed by atoms with Gasteiger partial charge in [-0.3, -0.25) is 14.5 Å². The largest absolute Gasteiger partial charge is 0.458 e. The van der Waals surface area contributed by atoms with Crippen LogP contribution in [0.2, 0.25) is 0 Å². The quantitative estimate of drug-likeness (QED) is 0.265. The first-order chi connectivity index (χ1) is 15.7. The van der Waals surface area contributed by atoms with Crippen LogP contribution in [0, 0.1) is 41.4 Å².